The first kappa shape index (κ1) is 25.8. The molecule has 1 saturated heterocycles. The van der Waals surface area contributed by atoms with Gasteiger partial charge in [-0.15, -0.1) is 0 Å². The Labute approximate surface area is 175 Å². The van der Waals surface area contributed by atoms with Crippen molar-refractivity contribution in [2.45, 2.75) is 142 Å². The normalized spacial score (nSPS) is 26.4. The Morgan fingerprint density at radius 2 is 1.15 bits per heavy atom. The number of unbranched alkanes of at least 4 members (excludes halogenated alkanes) is 6. The average Bonchev–Trinajstić information content (AvgIpc) is 2.67. The van der Waals surface area contributed by atoms with E-state index in [0.717, 1.165) is 0 Å². The Bertz CT molecular complexity index is 339. The summed E-state index contributed by atoms with van der Waals surface area (Å²) in [5.74, 6) is 0.601. The molecule has 0 spiro atoms. The quantitative estimate of drug-likeness (QED) is 0.171. The van der Waals surface area contributed by atoms with Crippen LogP contribution in [0, 0.1) is 5.92 Å². The van der Waals surface area contributed by atoms with E-state index in [2.05, 4.69) is 41.5 Å². The minimum atomic E-state index is -2.39. The van der Waals surface area contributed by atoms with E-state index in [1.165, 1.54) is 83.9 Å². The van der Waals surface area contributed by atoms with Gasteiger partial charge in [-0.3, -0.25) is 0 Å². The van der Waals surface area contributed by atoms with Gasteiger partial charge in [-0.1, -0.05) is 0 Å². The zero-order valence-electron chi connectivity index (χ0n) is 19.5. The van der Waals surface area contributed by atoms with Crippen LogP contribution in [0.25, 0.3) is 0 Å². The Morgan fingerprint density at radius 3 is 1.63 bits per heavy atom. The summed E-state index contributed by atoms with van der Waals surface area (Å²) in [6, 6.07) is 0. The van der Waals surface area contributed by atoms with Crippen molar-refractivity contribution in [1.82, 2.24) is 0 Å². The summed E-state index contributed by atoms with van der Waals surface area (Å²) >= 11 is -2.39. The third-order valence-electron chi connectivity index (χ3n) is 6.80. The molecule has 3 heteroatoms. The van der Waals surface area contributed by atoms with Crippen molar-refractivity contribution in [1.29, 1.82) is 0 Å². The van der Waals surface area contributed by atoms with E-state index >= 15 is 0 Å². The van der Waals surface area contributed by atoms with Gasteiger partial charge in [0.1, 0.15) is 0 Å². The van der Waals surface area contributed by atoms with Crippen LogP contribution in [0.5, 0.6) is 0 Å². The van der Waals surface area contributed by atoms with Crippen molar-refractivity contribution in [2.24, 2.45) is 5.92 Å². The third-order valence-corrected chi connectivity index (χ3v) is 23.7. The maximum absolute atomic E-state index is 6.68. The van der Waals surface area contributed by atoms with Crippen molar-refractivity contribution in [3.8, 4) is 0 Å². The Balaban J connectivity index is 2.96. The van der Waals surface area contributed by atoms with Crippen molar-refractivity contribution in [3.63, 3.8) is 0 Å². The van der Waals surface area contributed by atoms with Gasteiger partial charge in [0.2, 0.25) is 0 Å². The monoisotopic (exact) mass is 490 g/mol. The van der Waals surface area contributed by atoms with Crippen LogP contribution in [-0.4, -0.2) is 34.9 Å². The Morgan fingerprint density at radius 1 is 0.630 bits per heavy atom. The van der Waals surface area contributed by atoms with E-state index < -0.39 is 18.4 Å². The minimum absolute atomic E-state index is 0.00308. The summed E-state index contributed by atoms with van der Waals surface area (Å²) in [5, 5.41) is 0. The molecule has 0 unspecified atom stereocenters. The fourth-order valence-electron chi connectivity index (χ4n) is 5.12. The zero-order chi connectivity index (χ0) is 20.1. The molecule has 0 radical (unpaired) electrons. The zero-order valence-corrected chi connectivity index (χ0v) is 22.4. The molecule has 162 valence electrons. The SMILES string of the molecule is CCCCCC[C@@H]1O[C@H](C)O[C@@H]([Sn]([CH2]CCC)([CH2]CCC)[CH2]CCC)[C@@H]1C. The van der Waals surface area contributed by atoms with Gasteiger partial charge in [-0.2, -0.15) is 0 Å². The maximum atomic E-state index is 6.68. The molecule has 1 rings (SSSR count). The van der Waals surface area contributed by atoms with Gasteiger partial charge in [0, 0.05) is 0 Å². The molecule has 1 aliphatic rings. The molecule has 2 nitrogen and oxygen atoms in total. The first-order valence-electron chi connectivity index (χ1n) is 12.4. The van der Waals surface area contributed by atoms with Gasteiger partial charge < -0.3 is 0 Å². The molecule has 0 aliphatic carbocycles. The van der Waals surface area contributed by atoms with Crippen molar-refractivity contribution in [3.05, 3.63) is 0 Å². The summed E-state index contributed by atoms with van der Waals surface area (Å²) in [5.41, 5.74) is 0. The van der Waals surface area contributed by atoms with Crippen molar-refractivity contribution < 1.29 is 9.47 Å². The second kappa shape index (κ2) is 14.7. The van der Waals surface area contributed by atoms with Crippen LogP contribution in [0.4, 0.5) is 0 Å². The first-order valence-corrected chi connectivity index (χ1v) is 20.1. The van der Waals surface area contributed by atoms with E-state index in [1.807, 2.05) is 0 Å². The van der Waals surface area contributed by atoms with Crippen LogP contribution >= 0.6 is 0 Å². The number of hydrogen-bond acceptors (Lipinski definition) is 2. The van der Waals surface area contributed by atoms with Crippen LogP contribution in [0.3, 0.4) is 0 Å². The van der Waals surface area contributed by atoms with Crippen molar-refractivity contribution in [2.75, 3.05) is 0 Å². The van der Waals surface area contributed by atoms with E-state index in [4.69, 9.17) is 9.47 Å². The summed E-state index contributed by atoms with van der Waals surface area (Å²) in [6.45, 7) is 14.0. The van der Waals surface area contributed by atoms with Gasteiger partial charge in [-0.05, 0) is 0 Å². The molecule has 0 aromatic carbocycles. The number of ether oxygens (including phenoxy) is 2. The van der Waals surface area contributed by atoms with E-state index in [1.54, 1.807) is 0 Å². The predicted molar refractivity (Wildman–Crippen MR) is 122 cm³/mol. The molecule has 1 heterocycles. The van der Waals surface area contributed by atoms with Crippen LogP contribution < -0.4 is 0 Å². The van der Waals surface area contributed by atoms with Crippen molar-refractivity contribution >= 4 is 18.4 Å². The standard InChI is InChI=1S/C12H23O2.3C4H9.Sn/c1-4-5-6-7-8-12-10(2)9-13-11(3)14-12;3*1-3-4-2;/h9-12H,4-8H2,1-3H3;3*1,3-4H2,2H3;/t10-,11+,12-;;;;/m0..../s1. The van der Waals surface area contributed by atoms with Crippen LogP contribution in [0.15, 0.2) is 0 Å². The fraction of sp³-hybridized carbons (Fsp3) is 1.00. The predicted octanol–water partition coefficient (Wildman–Crippen LogP) is 8.11. The molecular formula is C24H50O2Sn. The second-order valence-corrected chi connectivity index (χ2v) is 22.9. The second-order valence-electron chi connectivity index (χ2n) is 9.18. The Kier molecular flexibility index (Phi) is 14.0. The van der Waals surface area contributed by atoms with E-state index in [-0.39, 0.29) is 6.29 Å². The van der Waals surface area contributed by atoms with Crippen LogP contribution in [-0.2, 0) is 9.47 Å². The molecular weight excluding hydrogens is 439 g/mol. The summed E-state index contributed by atoms with van der Waals surface area (Å²) < 4.78 is 18.2. The topological polar surface area (TPSA) is 18.5 Å². The molecule has 4 atom stereocenters. The van der Waals surface area contributed by atoms with E-state index in [0.29, 0.717) is 16.1 Å². The van der Waals surface area contributed by atoms with Gasteiger partial charge in [-0.25, -0.2) is 0 Å². The van der Waals surface area contributed by atoms with Gasteiger partial charge in [0.05, 0.1) is 0 Å². The summed E-state index contributed by atoms with van der Waals surface area (Å²) in [4.78, 5) is 0. The molecule has 1 fully saturated rings. The summed E-state index contributed by atoms with van der Waals surface area (Å²) in [7, 11) is 0. The molecule has 0 aromatic heterocycles. The summed E-state index contributed by atoms with van der Waals surface area (Å²) in [6.07, 6.45) is 15.3. The molecule has 0 saturated carbocycles. The third kappa shape index (κ3) is 8.54. The number of hydrogen-bond donors (Lipinski definition) is 0. The van der Waals surface area contributed by atoms with Gasteiger partial charge in [0.15, 0.2) is 0 Å². The fourth-order valence-corrected chi connectivity index (χ4v) is 23.9. The average molecular weight is 489 g/mol. The Hall–Kier alpha value is 0.719. The molecule has 27 heavy (non-hydrogen) atoms. The van der Waals surface area contributed by atoms with Gasteiger partial charge in [0.25, 0.3) is 0 Å². The first-order chi connectivity index (χ1) is 13.0. The van der Waals surface area contributed by atoms with E-state index in [9.17, 15) is 0 Å². The van der Waals surface area contributed by atoms with Gasteiger partial charge >= 0.3 is 176 Å². The molecule has 0 aromatic rings. The van der Waals surface area contributed by atoms with Crippen LogP contribution in [0.2, 0.25) is 13.3 Å². The van der Waals surface area contributed by atoms with Crippen LogP contribution in [0.1, 0.15) is 112 Å². The molecule has 0 N–H and O–H groups in total. The number of rotatable bonds is 15. The molecule has 0 amide bonds. The molecule has 1 aliphatic heterocycles. The molecule has 0 bridgehead atoms.